The predicted octanol–water partition coefficient (Wildman–Crippen LogP) is 5.12. The van der Waals surface area contributed by atoms with Crippen molar-refractivity contribution in [3.63, 3.8) is 0 Å². The molecule has 4 heteroatoms. The van der Waals surface area contributed by atoms with Crippen LogP contribution in [0, 0.1) is 5.92 Å². The Morgan fingerprint density at radius 3 is 2.60 bits per heavy atom. The van der Waals surface area contributed by atoms with Crippen LogP contribution >= 0.6 is 11.6 Å². The van der Waals surface area contributed by atoms with Gasteiger partial charge in [0.05, 0.1) is 5.38 Å². The molecule has 20 heavy (non-hydrogen) atoms. The van der Waals surface area contributed by atoms with E-state index >= 15 is 0 Å². The van der Waals surface area contributed by atoms with Crippen molar-refractivity contribution in [1.29, 1.82) is 0 Å². The quantitative estimate of drug-likeness (QED) is 0.692. The summed E-state index contributed by atoms with van der Waals surface area (Å²) in [4.78, 5) is 9.14. The molecule has 0 saturated carbocycles. The van der Waals surface area contributed by atoms with E-state index in [1.807, 2.05) is 25.3 Å². The van der Waals surface area contributed by atoms with E-state index in [1.54, 1.807) is 0 Å². The Balaban J connectivity index is 2.28. The average Bonchev–Trinajstić information content (AvgIpc) is 2.77. The summed E-state index contributed by atoms with van der Waals surface area (Å²) in [5.74, 6) is 1.68. The largest absolute Gasteiger partial charge is 0.309 e. The third-order valence-corrected chi connectivity index (χ3v) is 3.87. The van der Waals surface area contributed by atoms with Gasteiger partial charge in [-0.25, -0.2) is 9.97 Å². The highest BCUT2D eigenvalue weighted by Crippen LogP contribution is 2.29. The molecular formula is C16H24ClN3. The molecule has 0 saturated heterocycles. The summed E-state index contributed by atoms with van der Waals surface area (Å²) < 4.78 is 2.22. The Bertz CT molecular complexity index is 560. The Morgan fingerprint density at radius 1 is 1.20 bits per heavy atom. The van der Waals surface area contributed by atoms with Crippen molar-refractivity contribution in [3.05, 3.63) is 24.2 Å². The van der Waals surface area contributed by atoms with Crippen LogP contribution in [0.1, 0.15) is 64.2 Å². The molecule has 2 atom stereocenters. The van der Waals surface area contributed by atoms with Crippen molar-refractivity contribution in [2.75, 3.05) is 0 Å². The molecule has 0 aliphatic rings. The Morgan fingerprint density at radius 2 is 1.95 bits per heavy atom. The number of halogens is 1. The maximum absolute atomic E-state index is 6.30. The zero-order chi connectivity index (χ0) is 14.7. The molecule has 0 bridgehead atoms. The van der Waals surface area contributed by atoms with E-state index in [0.29, 0.717) is 6.04 Å². The molecule has 2 aromatic rings. The molecule has 2 aromatic heterocycles. The minimum absolute atomic E-state index is 0.100. The first kappa shape index (κ1) is 15.3. The number of alkyl halides is 1. The lowest BCUT2D eigenvalue weighted by Gasteiger charge is -2.18. The van der Waals surface area contributed by atoms with Gasteiger partial charge in [0, 0.05) is 12.2 Å². The van der Waals surface area contributed by atoms with Crippen molar-refractivity contribution in [2.45, 2.75) is 58.4 Å². The summed E-state index contributed by atoms with van der Waals surface area (Å²) in [6, 6.07) is 4.30. The van der Waals surface area contributed by atoms with E-state index in [-0.39, 0.29) is 5.38 Å². The molecular weight excluding hydrogens is 270 g/mol. The van der Waals surface area contributed by atoms with E-state index in [4.69, 9.17) is 11.6 Å². The van der Waals surface area contributed by atoms with Crippen LogP contribution in [-0.2, 0) is 0 Å². The van der Waals surface area contributed by atoms with Crippen molar-refractivity contribution in [2.24, 2.45) is 5.92 Å². The molecule has 0 fully saturated rings. The maximum atomic E-state index is 6.30. The molecule has 0 spiro atoms. The molecule has 110 valence electrons. The van der Waals surface area contributed by atoms with Crippen LogP contribution < -0.4 is 0 Å². The Kier molecular flexibility index (Phi) is 5.03. The predicted molar refractivity (Wildman–Crippen MR) is 85.2 cm³/mol. The number of hydrogen-bond acceptors (Lipinski definition) is 2. The topological polar surface area (TPSA) is 30.7 Å². The van der Waals surface area contributed by atoms with Gasteiger partial charge in [-0.2, -0.15) is 0 Å². The second-order valence-electron chi connectivity index (χ2n) is 5.98. The lowest BCUT2D eigenvalue weighted by Crippen LogP contribution is -2.11. The number of fused-ring (bicyclic) bond motifs is 1. The number of imidazole rings is 1. The van der Waals surface area contributed by atoms with Crippen molar-refractivity contribution in [3.8, 4) is 0 Å². The fourth-order valence-corrected chi connectivity index (χ4v) is 2.77. The van der Waals surface area contributed by atoms with Gasteiger partial charge in [0.25, 0.3) is 0 Å². The van der Waals surface area contributed by atoms with Crippen LogP contribution in [0.25, 0.3) is 11.2 Å². The van der Waals surface area contributed by atoms with Gasteiger partial charge in [0.1, 0.15) is 11.3 Å². The van der Waals surface area contributed by atoms with Gasteiger partial charge in [0.2, 0.25) is 0 Å². The first-order chi connectivity index (χ1) is 9.50. The number of rotatable bonds is 6. The number of pyridine rings is 1. The third-order valence-electron chi connectivity index (χ3n) is 3.68. The van der Waals surface area contributed by atoms with Gasteiger partial charge < -0.3 is 4.57 Å². The molecule has 0 aliphatic carbocycles. The lowest BCUT2D eigenvalue weighted by molar-refractivity contribution is 0.443. The molecule has 3 nitrogen and oxygen atoms in total. The van der Waals surface area contributed by atoms with Crippen LogP contribution in [0.2, 0.25) is 0 Å². The zero-order valence-electron chi connectivity index (χ0n) is 12.8. The van der Waals surface area contributed by atoms with Gasteiger partial charge in [-0.3, -0.25) is 0 Å². The zero-order valence-corrected chi connectivity index (χ0v) is 13.6. The average molecular weight is 294 g/mol. The summed E-state index contributed by atoms with van der Waals surface area (Å²) in [5.41, 5.74) is 1.89. The molecule has 0 aliphatic heterocycles. The molecule has 0 aromatic carbocycles. The number of aromatic nitrogens is 3. The first-order valence-corrected chi connectivity index (χ1v) is 7.91. The van der Waals surface area contributed by atoms with Crippen molar-refractivity contribution >= 4 is 22.8 Å². The van der Waals surface area contributed by atoms with Crippen LogP contribution in [0.4, 0.5) is 0 Å². The van der Waals surface area contributed by atoms with Gasteiger partial charge in [-0.05, 0) is 38.3 Å². The highest BCUT2D eigenvalue weighted by Gasteiger charge is 2.19. The van der Waals surface area contributed by atoms with Crippen LogP contribution in [0.5, 0.6) is 0 Å². The van der Waals surface area contributed by atoms with Crippen LogP contribution in [0.3, 0.4) is 0 Å². The van der Waals surface area contributed by atoms with E-state index in [0.717, 1.165) is 29.3 Å². The highest BCUT2D eigenvalue weighted by molar-refractivity contribution is 6.20. The van der Waals surface area contributed by atoms with Crippen molar-refractivity contribution in [1.82, 2.24) is 14.5 Å². The van der Waals surface area contributed by atoms with E-state index in [1.165, 1.54) is 12.8 Å². The molecule has 0 radical (unpaired) electrons. The van der Waals surface area contributed by atoms with Gasteiger partial charge in [0.15, 0.2) is 5.65 Å². The second-order valence-corrected chi connectivity index (χ2v) is 6.63. The molecule has 2 unspecified atom stereocenters. The van der Waals surface area contributed by atoms with Gasteiger partial charge in [-0.1, -0.05) is 26.7 Å². The van der Waals surface area contributed by atoms with Crippen molar-refractivity contribution < 1.29 is 0 Å². The monoisotopic (exact) mass is 293 g/mol. The van der Waals surface area contributed by atoms with Crippen LogP contribution in [0.15, 0.2) is 18.3 Å². The fraction of sp³-hybridized carbons (Fsp3) is 0.625. The highest BCUT2D eigenvalue weighted by atomic mass is 35.5. The lowest BCUT2D eigenvalue weighted by atomic mass is 10.0. The smallest absolute Gasteiger partial charge is 0.160 e. The number of nitrogens with zero attached hydrogens (tertiary/aromatic N) is 3. The Hall–Kier alpha value is -1.09. The standard InChI is InChI=1S/C16H24ClN3/c1-11(2)7-5-8-12(3)20-15(13(4)17)19-14-9-6-10-18-16(14)20/h6,9-13H,5,7-8H2,1-4H3. The van der Waals surface area contributed by atoms with E-state index in [9.17, 15) is 0 Å². The Labute approximate surface area is 126 Å². The molecule has 2 heterocycles. The molecule has 0 amide bonds. The first-order valence-electron chi connectivity index (χ1n) is 7.47. The minimum atomic E-state index is -0.100. The van der Waals surface area contributed by atoms with Crippen LogP contribution in [-0.4, -0.2) is 14.5 Å². The molecule has 0 N–H and O–H groups in total. The summed E-state index contributed by atoms with van der Waals surface area (Å²) in [5, 5.41) is -0.100. The number of hydrogen-bond donors (Lipinski definition) is 0. The molecule has 2 rings (SSSR count). The minimum Gasteiger partial charge on any atom is -0.309 e. The fourth-order valence-electron chi connectivity index (χ4n) is 2.61. The van der Waals surface area contributed by atoms with E-state index in [2.05, 4.69) is 35.3 Å². The second kappa shape index (κ2) is 6.57. The third kappa shape index (κ3) is 3.32. The maximum Gasteiger partial charge on any atom is 0.160 e. The van der Waals surface area contributed by atoms with Gasteiger partial charge in [-0.15, -0.1) is 11.6 Å². The SMILES string of the molecule is CC(C)CCCC(C)n1c(C(C)Cl)nc2cccnc21. The summed E-state index contributed by atoms with van der Waals surface area (Å²) >= 11 is 6.30. The van der Waals surface area contributed by atoms with E-state index < -0.39 is 0 Å². The van der Waals surface area contributed by atoms with Gasteiger partial charge >= 0.3 is 0 Å². The summed E-state index contributed by atoms with van der Waals surface area (Å²) in [7, 11) is 0. The summed E-state index contributed by atoms with van der Waals surface area (Å²) in [6.45, 7) is 8.75. The normalized spacial score (nSPS) is 14.9. The summed E-state index contributed by atoms with van der Waals surface area (Å²) in [6.07, 6.45) is 5.44.